The van der Waals surface area contributed by atoms with Gasteiger partial charge in [-0.2, -0.15) is 0 Å². The molecule has 0 spiro atoms. The van der Waals surface area contributed by atoms with Crippen molar-refractivity contribution in [1.82, 2.24) is 5.32 Å². The molecule has 128 valence electrons. The molecular weight excluding hydrogens is 370 g/mol. The number of rotatable bonds is 7. The smallest absolute Gasteiger partial charge is 0.258 e. The molecule has 24 heavy (non-hydrogen) atoms. The van der Waals surface area contributed by atoms with E-state index in [0.717, 1.165) is 26.9 Å². The van der Waals surface area contributed by atoms with Crippen LogP contribution in [0.25, 0.3) is 0 Å². The quantitative estimate of drug-likeness (QED) is 0.726. The molecule has 2 rings (SSSR count). The fourth-order valence-electron chi connectivity index (χ4n) is 2.28. The van der Waals surface area contributed by atoms with Crippen LogP contribution >= 0.6 is 15.9 Å². The summed E-state index contributed by atoms with van der Waals surface area (Å²) in [7, 11) is 0. The number of ether oxygens (including phenoxy) is 2. The van der Waals surface area contributed by atoms with Crippen molar-refractivity contribution in [3.8, 4) is 11.5 Å². The van der Waals surface area contributed by atoms with Crippen LogP contribution in [0, 0.1) is 20.8 Å². The molecule has 0 aliphatic heterocycles. The van der Waals surface area contributed by atoms with Crippen LogP contribution in [0.2, 0.25) is 0 Å². The molecule has 0 aliphatic rings. The summed E-state index contributed by atoms with van der Waals surface area (Å²) in [6, 6.07) is 11.7. The number of carbonyl (C=O) groups excluding carboxylic acids is 1. The third-order valence-electron chi connectivity index (χ3n) is 3.39. The van der Waals surface area contributed by atoms with Gasteiger partial charge in [0.2, 0.25) is 0 Å². The molecule has 2 aromatic rings. The van der Waals surface area contributed by atoms with E-state index in [1.54, 1.807) is 0 Å². The highest BCUT2D eigenvalue weighted by Crippen LogP contribution is 2.21. The number of hydrogen-bond acceptors (Lipinski definition) is 3. The van der Waals surface area contributed by atoms with Crippen molar-refractivity contribution in [2.45, 2.75) is 20.8 Å². The molecule has 0 aromatic heterocycles. The Bertz CT molecular complexity index is 696. The van der Waals surface area contributed by atoms with E-state index in [4.69, 9.17) is 9.47 Å². The molecular formula is C19H22BrNO3. The Labute approximate surface area is 151 Å². The Balaban J connectivity index is 1.68. The predicted octanol–water partition coefficient (Wildman–Crippen LogP) is 3.95. The van der Waals surface area contributed by atoms with Gasteiger partial charge >= 0.3 is 0 Å². The summed E-state index contributed by atoms with van der Waals surface area (Å²) in [6.45, 7) is 6.89. The van der Waals surface area contributed by atoms with Crippen LogP contribution in [0.4, 0.5) is 0 Å². The second kappa shape index (κ2) is 8.73. The molecule has 0 fully saturated rings. The van der Waals surface area contributed by atoms with Crippen LogP contribution in [0.15, 0.2) is 40.9 Å². The molecule has 0 aliphatic carbocycles. The van der Waals surface area contributed by atoms with Crippen LogP contribution in [0.1, 0.15) is 16.7 Å². The Hall–Kier alpha value is -2.01. The van der Waals surface area contributed by atoms with Crippen LogP contribution in [-0.2, 0) is 4.79 Å². The van der Waals surface area contributed by atoms with Crippen molar-refractivity contribution < 1.29 is 14.3 Å². The standard InChI is InChI=1S/C19H22BrNO3/c1-13-8-14(2)10-17(9-13)23-7-6-21-19(22)12-24-16-4-5-18(20)15(3)11-16/h4-5,8-11H,6-7,12H2,1-3H3,(H,21,22). The molecule has 0 saturated carbocycles. The van der Waals surface area contributed by atoms with Gasteiger partial charge in [0.25, 0.3) is 5.91 Å². The fraction of sp³-hybridized carbons (Fsp3) is 0.316. The van der Waals surface area contributed by atoms with E-state index >= 15 is 0 Å². The van der Waals surface area contributed by atoms with Gasteiger partial charge in [-0.15, -0.1) is 0 Å². The molecule has 0 saturated heterocycles. The van der Waals surface area contributed by atoms with Gasteiger partial charge in [-0.05, 0) is 67.8 Å². The van der Waals surface area contributed by atoms with Crippen molar-refractivity contribution in [3.63, 3.8) is 0 Å². The Morgan fingerprint density at radius 3 is 2.38 bits per heavy atom. The van der Waals surface area contributed by atoms with E-state index in [1.807, 2.05) is 51.1 Å². The van der Waals surface area contributed by atoms with Gasteiger partial charge in [0.05, 0.1) is 6.54 Å². The first-order chi connectivity index (χ1) is 11.4. The second-order valence-electron chi connectivity index (χ2n) is 5.72. The number of aryl methyl sites for hydroxylation is 3. The van der Waals surface area contributed by atoms with Gasteiger partial charge in [0.15, 0.2) is 6.61 Å². The van der Waals surface area contributed by atoms with E-state index in [0.29, 0.717) is 18.9 Å². The van der Waals surface area contributed by atoms with Crippen LogP contribution in [0.3, 0.4) is 0 Å². The van der Waals surface area contributed by atoms with Crippen molar-refractivity contribution in [2.75, 3.05) is 19.8 Å². The number of benzene rings is 2. The molecule has 1 amide bonds. The summed E-state index contributed by atoms with van der Waals surface area (Å²) in [6.07, 6.45) is 0. The van der Waals surface area contributed by atoms with Gasteiger partial charge < -0.3 is 14.8 Å². The molecule has 0 bridgehead atoms. The van der Waals surface area contributed by atoms with Crippen molar-refractivity contribution in [2.24, 2.45) is 0 Å². The topological polar surface area (TPSA) is 47.6 Å². The Kier molecular flexibility index (Phi) is 6.67. The number of carbonyl (C=O) groups is 1. The zero-order chi connectivity index (χ0) is 17.5. The number of hydrogen-bond donors (Lipinski definition) is 1. The summed E-state index contributed by atoms with van der Waals surface area (Å²) in [5.41, 5.74) is 3.38. The van der Waals surface area contributed by atoms with E-state index in [9.17, 15) is 4.79 Å². The minimum absolute atomic E-state index is 0.00930. The van der Waals surface area contributed by atoms with Gasteiger partial charge in [0.1, 0.15) is 18.1 Å². The molecule has 5 heteroatoms. The molecule has 4 nitrogen and oxygen atoms in total. The lowest BCUT2D eigenvalue weighted by atomic mass is 10.1. The summed E-state index contributed by atoms with van der Waals surface area (Å²) < 4.78 is 12.1. The summed E-state index contributed by atoms with van der Waals surface area (Å²) in [5, 5.41) is 2.78. The molecule has 0 atom stereocenters. The average Bonchev–Trinajstić information content (AvgIpc) is 2.52. The van der Waals surface area contributed by atoms with E-state index in [2.05, 4.69) is 27.3 Å². The lowest BCUT2D eigenvalue weighted by molar-refractivity contribution is -0.123. The maximum Gasteiger partial charge on any atom is 0.258 e. The summed E-state index contributed by atoms with van der Waals surface area (Å²) in [5.74, 6) is 1.33. The lowest BCUT2D eigenvalue weighted by Crippen LogP contribution is -2.32. The van der Waals surface area contributed by atoms with Crippen LogP contribution in [0.5, 0.6) is 11.5 Å². The van der Waals surface area contributed by atoms with Crippen LogP contribution in [-0.4, -0.2) is 25.7 Å². The highest BCUT2D eigenvalue weighted by molar-refractivity contribution is 9.10. The minimum Gasteiger partial charge on any atom is -0.492 e. The van der Waals surface area contributed by atoms with Gasteiger partial charge in [-0.3, -0.25) is 4.79 Å². The third-order valence-corrected chi connectivity index (χ3v) is 4.28. The maximum atomic E-state index is 11.8. The molecule has 2 aromatic carbocycles. The van der Waals surface area contributed by atoms with Gasteiger partial charge in [-0.1, -0.05) is 22.0 Å². The number of nitrogens with one attached hydrogen (secondary N) is 1. The monoisotopic (exact) mass is 391 g/mol. The maximum absolute atomic E-state index is 11.8. The number of amides is 1. The summed E-state index contributed by atoms with van der Waals surface area (Å²) in [4.78, 5) is 11.8. The SMILES string of the molecule is Cc1cc(C)cc(OCCNC(=O)COc2ccc(Br)c(C)c2)c1. The highest BCUT2D eigenvalue weighted by atomic mass is 79.9. The minimum atomic E-state index is -0.167. The largest absolute Gasteiger partial charge is 0.492 e. The molecule has 0 unspecified atom stereocenters. The van der Waals surface area contributed by atoms with Crippen molar-refractivity contribution in [1.29, 1.82) is 0 Å². The molecule has 0 heterocycles. The van der Waals surface area contributed by atoms with E-state index in [1.165, 1.54) is 0 Å². The van der Waals surface area contributed by atoms with Gasteiger partial charge in [-0.25, -0.2) is 0 Å². The molecule has 0 radical (unpaired) electrons. The average molecular weight is 392 g/mol. The van der Waals surface area contributed by atoms with Crippen molar-refractivity contribution in [3.05, 3.63) is 57.6 Å². The van der Waals surface area contributed by atoms with E-state index in [-0.39, 0.29) is 12.5 Å². The van der Waals surface area contributed by atoms with Crippen molar-refractivity contribution >= 4 is 21.8 Å². The first-order valence-electron chi connectivity index (χ1n) is 7.81. The normalized spacial score (nSPS) is 10.3. The molecule has 1 N–H and O–H groups in total. The zero-order valence-electron chi connectivity index (χ0n) is 14.2. The summed E-state index contributed by atoms with van der Waals surface area (Å²) >= 11 is 3.43. The zero-order valence-corrected chi connectivity index (χ0v) is 15.8. The lowest BCUT2D eigenvalue weighted by Gasteiger charge is -2.10. The predicted molar refractivity (Wildman–Crippen MR) is 98.8 cm³/mol. The van der Waals surface area contributed by atoms with Crippen LogP contribution < -0.4 is 14.8 Å². The Morgan fingerprint density at radius 1 is 1.00 bits per heavy atom. The second-order valence-corrected chi connectivity index (χ2v) is 6.58. The first kappa shape index (κ1) is 18.3. The van der Waals surface area contributed by atoms with E-state index < -0.39 is 0 Å². The third kappa shape index (κ3) is 5.89. The first-order valence-corrected chi connectivity index (χ1v) is 8.60. The highest BCUT2D eigenvalue weighted by Gasteiger charge is 2.04. The van der Waals surface area contributed by atoms with Gasteiger partial charge in [0, 0.05) is 4.47 Å². The Morgan fingerprint density at radius 2 is 1.71 bits per heavy atom. The number of halogens is 1. The fourth-order valence-corrected chi connectivity index (χ4v) is 2.53.